The molecule has 0 atom stereocenters. The number of rotatable bonds is 7. The number of methoxy groups -OCH3 is 1. The van der Waals surface area contributed by atoms with E-state index in [2.05, 4.69) is 15.6 Å². The molecule has 28 heavy (non-hydrogen) atoms. The van der Waals surface area contributed by atoms with Crippen LogP contribution in [-0.4, -0.2) is 24.5 Å². The van der Waals surface area contributed by atoms with Gasteiger partial charge in [-0.25, -0.2) is 8.78 Å². The Balaban J connectivity index is 1.60. The van der Waals surface area contributed by atoms with Gasteiger partial charge in [0.25, 0.3) is 5.91 Å². The fourth-order valence-electron chi connectivity index (χ4n) is 2.61. The molecule has 144 valence electrons. The standard InChI is InChI=1S/C21H19F2N3O2/c1-28-17-7-5-14(6-8-17)9-10-25-16-11-15(12-24-13-16)21(27)26-20-18(22)3-2-4-19(20)23/h2-8,11-13,25H,9-10H2,1H3,(H,26,27). The van der Waals surface area contributed by atoms with Crippen molar-refractivity contribution < 1.29 is 18.3 Å². The number of anilines is 2. The zero-order chi connectivity index (χ0) is 19.9. The second-order valence-corrected chi connectivity index (χ2v) is 6.04. The zero-order valence-corrected chi connectivity index (χ0v) is 15.2. The molecule has 0 bridgehead atoms. The largest absolute Gasteiger partial charge is 0.497 e. The van der Waals surface area contributed by atoms with Crippen molar-refractivity contribution in [3.63, 3.8) is 0 Å². The average Bonchev–Trinajstić information content (AvgIpc) is 2.71. The number of ether oxygens (including phenoxy) is 1. The normalized spacial score (nSPS) is 10.4. The van der Waals surface area contributed by atoms with Gasteiger partial charge in [0.15, 0.2) is 0 Å². The maximum Gasteiger partial charge on any atom is 0.257 e. The van der Waals surface area contributed by atoms with Gasteiger partial charge in [0, 0.05) is 18.9 Å². The van der Waals surface area contributed by atoms with Crippen LogP contribution in [0.15, 0.2) is 60.9 Å². The summed E-state index contributed by atoms with van der Waals surface area (Å²) < 4.78 is 32.5. The number of hydrogen-bond donors (Lipinski definition) is 2. The summed E-state index contributed by atoms with van der Waals surface area (Å²) >= 11 is 0. The summed E-state index contributed by atoms with van der Waals surface area (Å²) in [4.78, 5) is 16.3. The number of carbonyl (C=O) groups excluding carboxylic acids is 1. The van der Waals surface area contributed by atoms with Gasteiger partial charge >= 0.3 is 0 Å². The van der Waals surface area contributed by atoms with E-state index in [1.165, 1.54) is 12.3 Å². The monoisotopic (exact) mass is 383 g/mol. The Hall–Kier alpha value is -3.48. The quantitative estimate of drug-likeness (QED) is 0.639. The molecule has 1 amide bonds. The summed E-state index contributed by atoms with van der Waals surface area (Å²) in [5.74, 6) is -1.52. The molecule has 0 aliphatic rings. The highest BCUT2D eigenvalue weighted by molar-refractivity contribution is 6.04. The summed E-state index contributed by atoms with van der Waals surface area (Å²) in [5.41, 5.74) is 1.47. The van der Waals surface area contributed by atoms with Crippen LogP contribution in [0.5, 0.6) is 5.75 Å². The lowest BCUT2D eigenvalue weighted by Gasteiger charge is -2.10. The number of benzene rings is 2. The Morgan fingerprint density at radius 2 is 1.79 bits per heavy atom. The first-order valence-corrected chi connectivity index (χ1v) is 8.64. The van der Waals surface area contributed by atoms with Gasteiger partial charge in [-0.15, -0.1) is 0 Å². The molecular weight excluding hydrogens is 364 g/mol. The van der Waals surface area contributed by atoms with E-state index in [1.54, 1.807) is 19.4 Å². The number of aromatic nitrogens is 1. The van der Waals surface area contributed by atoms with Crippen molar-refractivity contribution >= 4 is 17.3 Å². The van der Waals surface area contributed by atoms with Crippen LogP contribution in [0.3, 0.4) is 0 Å². The van der Waals surface area contributed by atoms with Crippen LogP contribution in [0, 0.1) is 11.6 Å². The number of halogens is 2. The Labute approximate surface area is 161 Å². The van der Waals surface area contributed by atoms with E-state index in [9.17, 15) is 13.6 Å². The smallest absolute Gasteiger partial charge is 0.257 e. The highest BCUT2D eigenvalue weighted by atomic mass is 19.1. The number of amides is 1. The molecule has 0 fully saturated rings. The predicted octanol–water partition coefficient (Wildman–Crippen LogP) is 4.28. The predicted molar refractivity (Wildman–Crippen MR) is 104 cm³/mol. The van der Waals surface area contributed by atoms with Crippen LogP contribution in [-0.2, 0) is 6.42 Å². The molecule has 0 aliphatic carbocycles. The maximum atomic E-state index is 13.7. The lowest BCUT2D eigenvalue weighted by Crippen LogP contribution is -2.15. The molecule has 1 heterocycles. The van der Waals surface area contributed by atoms with E-state index in [4.69, 9.17) is 4.74 Å². The average molecular weight is 383 g/mol. The first kappa shape index (κ1) is 19.3. The topological polar surface area (TPSA) is 63.2 Å². The first-order chi connectivity index (χ1) is 13.6. The van der Waals surface area contributed by atoms with Crippen LogP contribution in [0.2, 0.25) is 0 Å². The van der Waals surface area contributed by atoms with Gasteiger partial charge in [-0.05, 0) is 42.3 Å². The Kier molecular flexibility index (Phi) is 6.16. The first-order valence-electron chi connectivity index (χ1n) is 8.64. The summed E-state index contributed by atoms with van der Waals surface area (Å²) in [6.07, 6.45) is 3.68. The van der Waals surface area contributed by atoms with Gasteiger partial charge in [-0.1, -0.05) is 18.2 Å². The number of nitrogens with zero attached hydrogens (tertiary/aromatic N) is 1. The van der Waals surface area contributed by atoms with Crippen molar-refractivity contribution in [2.45, 2.75) is 6.42 Å². The Bertz CT molecular complexity index is 942. The molecule has 3 aromatic rings. The molecule has 0 unspecified atom stereocenters. The van der Waals surface area contributed by atoms with E-state index in [1.807, 2.05) is 24.3 Å². The second kappa shape index (κ2) is 8.94. The Morgan fingerprint density at radius 1 is 1.07 bits per heavy atom. The molecule has 0 saturated carbocycles. The van der Waals surface area contributed by atoms with Crippen molar-refractivity contribution in [2.24, 2.45) is 0 Å². The lowest BCUT2D eigenvalue weighted by molar-refractivity contribution is 0.102. The number of carbonyl (C=O) groups is 1. The van der Waals surface area contributed by atoms with Crippen molar-refractivity contribution in [3.05, 3.63) is 83.7 Å². The van der Waals surface area contributed by atoms with Crippen LogP contribution in [0.25, 0.3) is 0 Å². The van der Waals surface area contributed by atoms with Crippen LogP contribution in [0.1, 0.15) is 15.9 Å². The van der Waals surface area contributed by atoms with E-state index >= 15 is 0 Å². The second-order valence-electron chi connectivity index (χ2n) is 6.04. The Morgan fingerprint density at radius 3 is 2.46 bits per heavy atom. The summed E-state index contributed by atoms with van der Waals surface area (Å²) in [6, 6.07) is 12.7. The zero-order valence-electron chi connectivity index (χ0n) is 15.2. The van der Waals surface area contributed by atoms with E-state index in [0.717, 1.165) is 29.9 Å². The van der Waals surface area contributed by atoms with Gasteiger partial charge in [-0.2, -0.15) is 0 Å². The van der Waals surface area contributed by atoms with Crippen molar-refractivity contribution in [1.82, 2.24) is 4.98 Å². The maximum absolute atomic E-state index is 13.7. The van der Waals surface area contributed by atoms with Crippen LogP contribution in [0.4, 0.5) is 20.2 Å². The number of pyridine rings is 1. The fourth-order valence-corrected chi connectivity index (χ4v) is 2.61. The van der Waals surface area contributed by atoms with Crippen LogP contribution >= 0.6 is 0 Å². The number of para-hydroxylation sites is 1. The van der Waals surface area contributed by atoms with E-state index in [0.29, 0.717) is 12.2 Å². The minimum atomic E-state index is -0.838. The van der Waals surface area contributed by atoms with Gasteiger partial charge in [0.05, 0.1) is 18.4 Å². The molecular formula is C21H19F2N3O2. The summed E-state index contributed by atoms with van der Waals surface area (Å²) in [6.45, 7) is 0.626. The fraction of sp³-hybridized carbons (Fsp3) is 0.143. The SMILES string of the molecule is COc1ccc(CCNc2cncc(C(=O)Nc3c(F)cccc3F)c2)cc1. The molecule has 5 nitrogen and oxygen atoms in total. The van der Waals surface area contributed by atoms with Crippen LogP contribution < -0.4 is 15.4 Å². The van der Waals surface area contributed by atoms with Crippen molar-refractivity contribution in [3.8, 4) is 5.75 Å². The third-order valence-electron chi connectivity index (χ3n) is 4.10. The summed E-state index contributed by atoms with van der Waals surface area (Å²) in [5, 5.41) is 5.43. The molecule has 1 aromatic heterocycles. The van der Waals surface area contributed by atoms with Crippen molar-refractivity contribution in [2.75, 3.05) is 24.3 Å². The third-order valence-corrected chi connectivity index (χ3v) is 4.10. The number of hydrogen-bond acceptors (Lipinski definition) is 4. The van der Waals surface area contributed by atoms with E-state index in [-0.39, 0.29) is 5.56 Å². The molecule has 0 radical (unpaired) electrons. The molecule has 2 N–H and O–H groups in total. The van der Waals surface area contributed by atoms with E-state index < -0.39 is 23.2 Å². The highest BCUT2D eigenvalue weighted by Gasteiger charge is 2.14. The lowest BCUT2D eigenvalue weighted by atomic mass is 10.1. The minimum Gasteiger partial charge on any atom is -0.497 e. The van der Waals surface area contributed by atoms with Gasteiger partial charge in [0.1, 0.15) is 23.1 Å². The molecule has 7 heteroatoms. The highest BCUT2D eigenvalue weighted by Crippen LogP contribution is 2.19. The molecule has 2 aromatic carbocycles. The molecule has 3 rings (SSSR count). The minimum absolute atomic E-state index is 0.192. The summed E-state index contributed by atoms with van der Waals surface area (Å²) in [7, 11) is 1.62. The molecule has 0 spiro atoms. The van der Waals surface area contributed by atoms with Gasteiger partial charge in [-0.3, -0.25) is 9.78 Å². The number of nitrogens with one attached hydrogen (secondary N) is 2. The molecule has 0 saturated heterocycles. The van der Waals surface area contributed by atoms with Gasteiger partial charge < -0.3 is 15.4 Å². The van der Waals surface area contributed by atoms with Gasteiger partial charge in [0.2, 0.25) is 0 Å². The third kappa shape index (κ3) is 4.82. The molecule has 0 aliphatic heterocycles. The van der Waals surface area contributed by atoms with Crippen molar-refractivity contribution in [1.29, 1.82) is 0 Å².